The molecule has 144 valence electrons. The van der Waals surface area contributed by atoms with E-state index in [4.69, 9.17) is 5.73 Å². The Kier molecular flexibility index (Phi) is 8.79. The number of benzene rings is 1. The van der Waals surface area contributed by atoms with E-state index in [0.29, 0.717) is 6.54 Å². The van der Waals surface area contributed by atoms with Crippen molar-refractivity contribution in [2.24, 2.45) is 11.7 Å². The quantitative estimate of drug-likeness (QED) is 0.585. The van der Waals surface area contributed by atoms with Gasteiger partial charge in [0.05, 0.1) is 10.6 Å². The van der Waals surface area contributed by atoms with Gasteiger partial charge in [0.1, 0.15) is 0 Å². The molecule has 1 aromatic rings. The van der Waals surface area contributed by atoms with E-state index in [1.165, 1.54) is 12.1 Å². The van der Waals surface area contributed by atoms with Crippen LogP contribution in [0.3, 0.4) is 0 Å². The van der Waals surface area contributed by atoms with Crippen LogP contribution in [0.15, 0.2) is 35.2 Å². The minimum atomic E-state index is -3.69. The SMILES string of the molecule is Cl.NCC1CCCCC1NS(=O)(=O)CCNS(=O)(=O)c1ccccc1. The van der Waals surface area contributed by atoms with Crippen LogP contribution < -0.4 is 15.2 Å². The molecule has 0 aliphatic heterocycles. The van der Waals surface area contributed by atoms with Gasteiger partial charge in [-0.15, -0.1) is 12.4 Å². The summed E-state index contributed by atoms with van der Waals surface area (Å²) in [5, 5.41) is 0. The lowest BCUT2D eigenvalue weighted by molar-refractivity contribution is 0.296. The van der Waals surface area contributed by atoms with Crippen LogP contribution in [0.25, 0.3) is 0 Å². The highest BCUT2D eigenvalue weighted by molar-refractivity contribution is 7.90. The molecule has 1 saturated carbocycles. The van der Waals surface area contributed by atoms with Gasteiger partial charge in [-0.05, 0) is 37.4 Å². The molecule has 2 unspecified atom stereocenters. The van der Waals surface area contributed by atoms with Gasteiger partial charge in [0.25, 0.3) is 0 Å². The zero-order valence-corrected chi connectivity index (χ0v) is 16.4. The number of nitrogens with two attached hydrogens (primary N) is 1. The van der Waals surface area contributed by atoms with Gasteiger partial charge in [-0.3, -0.25) is 0 Å². The van der Waals surface area contributed by atoms with Gasteiger partial charge >= 0.3 is 0 Å². The zero-order valence-electron chi connectivity index (χ0n) is 13.9. The lowest BCUT2D eigenvalue weighted by atomic mass is 9.85. The van der Waals surface area contributed by atoms with Gasteiger partial charge in [0, 0.05) is 12.6 Å². The fourth-order valence-corrected chi connectivity index (χ4v) is 5.37. The molecule has 0 radical (unpaired) electrons. The van der Waals surface area contributed by atoms with Gasteiger partial charge in [-0.25, -0.2) is 26.3 Å². The Morgan fingerprint density at radius 3 is 2.32 bits per heavy atom. The standard InChI is InChI=1S/C15H25N3O4S2.ClH/c16-12-13-6-4-5-9-15(13)18-23(19,20)11-10-17-24(21,22)14-7-2-1-3-8-14;/h1-3,7-8,13,15,17-18H,4-6,9-12,16H2;1H. The molecule has 0 heterocycles. The summed E-state index contributed by atoms with van der Waals surface area (Å²) >= 11 is 0. The summed E-state index contributed by atoms with van der Waals surface area (Å²) in [5.41, 5.74) is 5.71. The minimum Gasteiger partial charge on any atom is -0.330 e. The lowest BCUT2D eigenvalue weighted by Gasteiger charge is -2.31. The molecule has 7 nitrogen and oxygen atoms in total. The van der Waals surface area contributed by atoms with Crippen molar-refractivity contribution >= 4 is 32.5 Å². The lowest BCUT2D eigenvalue weighted by Crippen LogP contribution is -2.46. The van der Waals surface area contributed by atoms with Crippen LogP contribution in [0, 0.1) is 5.92 Å². The first-order valence-electron chi connectivity index (χ1n) is 8.09. The van der Waals surface area contributed by atoms with Crippen molar-refractivity contribution in [1.29, 1.82) is 0 Å². The Morgan fingerprint density at radius 1 is 1.04 bits per heavy atom. The first-order valence-corrected chi connectivity index (χ1v) is 11.2. The van der Waals surface area contributed by atoms with E-state index in [9.17, 15) is 16.8 Å². The Balaban J connectivity index is 0.00000312. The van der Waals surface area contributed by atoms with Crippen LogP contribution >= 0.6 is 12.4 Å². The van der Waals surface area contributed by atoms with Crippen molar-refractivity contribution in [3.63, 3.8) is 0 Å². The van der Waals surface area contributed by atoms with Crippen LogP contribution in [-0.2, 0) is 20.0 Å². The predicted molar refractivity (Wildman–Crippen MR) is 101 cm³/mol. The maximum atomic E-state index is 12.2. The number of hydrogen-bond acceptors (Lipinski definition) is 5. The summed E-state index contributed by atoms with van der Waals surface area (Å²) < 4.78 is 53.5. The second-order valence-electron chi connectivity index (χ2n) is 6.03. The molecule has 0 aromatic heterocycles. The van der Waals surface area contributed by atoms with E-state index >= 15 is 0 Å². The van der Waals surface area contributed by atoms with Crippen molar-refractivity contribution in [2.75, 3.05) is 18.8 Å². The average molecular weight is 412 g/mol. The molecule has 1 fully saturated rings. The van der Waals surface area contributed by atoms with Crippen LogP contribution in [0.2, 0.25) is 0 Å². The monoisotopic (exact) mass is 411 g/mol. The summed E-state index contributed by atoms with van der Waals surface area (Å²) in [6.07, 6.45) is 3.74. The first kappa shape index (κ1) is 22.3. The number of sulfonamides is 2. The largest absolute Gasteiger partial charge is 0.330 e. The van der Waals surface area contributed by atoms with Gasteiger partial charge in [-0.1, -0.05) is 31.0 Å². The molecule has 2 rings (SSSR count). The van der Waals surface area contributed by atoms with Crippen molar-refractivity contribution in [2.45, 2.75) is 36.6 Å². The van der Waals surface area contributed by atoms with E-state index in [1.807, 2.05) is 0 Å². The smallest absolute Gasteiger partial charge is 0.240 e. The van der Waals surface area contributed by atoms with E-state index in [2.05, 4.69) is 9.44 Å². The highest BCUT2D eigenvalue weighted by Crippen LogP contribution is 2.24. The third-order valence-electron chi connectivity index (χ3n) is 4.26. The zero-order chi connectivity index (χ0) is 17.6. The molecule has 0 bridgehead atoms. The highest BCUT2D eigenvalue weighted by atomic mass is 35.5. The molecule has 1 aliphatic rings. The van der Waals surface area contributed by atoms with Crippen LogP contribution in [0.1, 0.15) is 25.7 Å². The third kappa shape index (κ3) is 6.84. The predicted octanol–water partition coefficient (Wildman–Crippen LogP) is 0.824. The first-order chi connectivity index (χ1) is 11.3. The number of rotatable bonds is 8. The molecule has 1 aliphatic carbocycles. The van der Waals surface area contributed by atoms with Crippen LogP contribution in [0.4, 0.5) is 0 Å². The average Bonchev–Trinajstić information content (AvgIpc) is 2.55. The molecule has 2 atom stereocenters. The molecule has 4 N–H and O–H groups in total. The van der Waals surface area contributed by atoms with Crippen molar-refractivity contribution in [3.05, 3.63) is 30.3 Å². The van der Waals surface area contributed by atoms with Gasteiger partial charge in [-0.2, -0.15) is 0 Å². The molecule has 0 spiro atoms. The van der Waals surface area contributed by atoms with Crippen molar-refractivity contribution < 1.29 is 16.8 Å². The van der Waals surface area contributed by atoms with Crippen molar-refractivity contribution in [3.8, 4) is 0 Å². The summed E-state index contributed by atoms with van der Waals surface area (Å²) in [4.78, 5) is 0.117. The number of halogens is 1. The number of hydrogen-bond donors (Lipinski definition) is 3. The summed E-state index contributed by atoms with van der Waals surface area (Å²) in [7, 11) is -7.25. The summed E-state index contributed by atoms with van der Waals surface area (Å²) in [6.45, 7) is 0.278. The van der Waals surface area contributed by atoms with Crippen LogP contribution in [0.5, 0.6) is 0 Å². The maximum absolute atomic E-state index is 12.2. The maximum Gasteiger partial charge on any atom is 0.240 e. The Bertz CT molecular complexity index is 726. The Hall–Kier alpha value is -0.710. The Labute approximate surface area is 156 Å². The minimum absolute atomic E-state index is 0. The Morgan fingerprint density at radius 2 is 1.68 bits per heavy atom. The fourth-order valence-electron chi connectivity index (χ4n) is 2.93. The normalized spacial score (nSPS) is 21.5. The van der Waals surface area contributed by atoms with Gasteiger partial charge < -0.3 is 5.73 Å². The molecular weight excluding hydrogens is 386 g/mol. The van der Waals surface area contributed by atoms with Crippen LogP contribution in [-0.4, -0.2) is 41.7 Å². The van der Waals surface area contributed by atoms with E-state index in [0.717, 1.165) is 25.7 Å². The molecule has 0 amide bonds. The molecular formula is C15H26ClN3O4S2. The third-order valence-corrected chi connectivity index (χ3v) is 7.14. The molecule has 0 saturated heterocycles. The molecule has 25 heavy (non-hydrogen) atoms. The van der Waals surface area contributed by atoms with Gasteiger partial charge in [0.2, 0.25) is 20.0 Å². The second-order valence-corrected chi connectivity index (χ2v) is 9.67. The summed E-state index contributed by atoms with van der Waals surface area (Å²) in [5.74, 6) is -0.151. The van der Waals surface area contributed by atoms with Gasteiger partial charge in [0.15, 0.2) is 0 Å². The van der Waals surface area contributed by atoms with E-state index < -0.39 is 20.0 Å². The van der Waals surface area contributed by atoms with Crippen molar-refractivity contribution in [1.82, 2.24) is 9.44 Å². The second kappa shape index (κ2) is 9.84. The molecule has 10 heteroatoms. The topological polar surface area (TPSA) is 118 Å². The van der Waals surface area contributed by atoms with E-state index in [1.54, 1.807) is 18.2 Å². The number of nitrogens with one attached hydrogen (secondary N) is 2. The van der Waals surface area contributed by atoms with E-state index in [-0.39, 0.29) is 41.6 Å². The summed E-state index contributed by atoms with van der Waals surface area (Å²) in [6, 6.07) is 7.71. The highest BCUT2D eigenvalue weighted by Gasteiger charge is 2.27. The fraction of sp³-hybridized carbons (Fsp3) is 0.600. The molecule has 1 aromatic carbocycles.